The van der Waals surface area contributed by atoms with Crippen LogP contribution in [0.3, 0.4) is 0 Å². The molecule has 0 saturated heterocycles. The van der Waals surface area contributed by atoms with E-state index in [1.165, 1.54) is 25.7 Å². The molecule has 118 valence electrons. The van der Waals surface area contributed by atoms with Crippen molar-refractivity contribution in [3.63, 3.8) is 0 Å². The fourth-order valence-electron chi connectivity index (χ4n) is 3.43. The number of likely N-dealkylation sites (N-methyl/N-ethyl adjacent to an activating group) is 1. The molecule has 1 unspecified atom stereocenters. The summed E-state index contributed by atoms with van der Waals surface area (Å²) in [6.07, 6.45) is 7.02. The van der Waals surface area contributed by atoms with Crippen molar-refractivity contribution in [3.05, 3.63) is 0 Å². The first-order valence-corrected chi connectivity index (χ1v) is 8.57. The van der Waals surface area contributed by atoms with Gasteiger partial charge in [-0.05, 0) is 44.2 Å². The highest BCUT2D eigenvalue weighted by atomic mass is 16.1. The van der Waals surface area contributed by atoms with Crippen LogP contribution in [0.5, 0.6) is 0 Å². The summed E-state index contributed by atoms with van der Waals surface area (Å²) in [5.41, 5.74) is 0. The highest BCUT2D eigenvalue weighted by molar-refractivity contribution is 5.76. The third-order valence-corrected chi connectivity index (χ3v) is 4.56. The molecular weight excluding hydrogens is 248 g/mol. The van der Waals surface area contributed by atoms with Gasteiger partial charge in [0.1, 0.15) is 0 Å². The van der Waals surface area contributed by atoms with Gasteiger partial charge in [0.2, 0.25) is 5.91 Å². The predicted molar refractivity (Wildman–Crippen MR) is 85.7 cm³/mol. The third kappa shape index (κ3) is 6.25. The lowest BCUT2D eigenvalue weighted by molar-refractivity contribution is -0.122. The first-order chi connectivity index (χ1) is 9.56. The van der Waals surface area contributed by atoms with E-state index in [0.717, 1.165) is 32.5 Å². The molecule has 1 fully saturated rings. The van der Waals surface area contributed by atoms with Crippen LogP contribution in [0.15, 0.2) is 0 Å². The molecular formula is C17H34N2O. The number of nitrogens with one attached hydrogen (secondary N) is 1. The van der Waals surface area contributed by atoms with Crippen LogP contribution in [0, 0.1) is 11.8 Å². The number of amides is 1. The summed E-state index contributed by atoms with van der Waals surface area (Å²) in [4.78, 5) is 14.5. The van der Waals surface area contributed by atoms with Gasteiger partial charge >= 0.3 is 0 Å². The summed E-state index contributed by atoms with van der Waals surface area (Å²) >= 11 is 0. The van der Waals surface area contributed by atoms with Gasteiger partial charge in [-0.1, -0.05) is 40.5 Å². The van der Waals surface area contributed by atoms with Crippen LogP contribution < -0.4 is 5.32 Å². The zero-order chi connectivity index (χ0) is 15.0. The molecule has 1 saturated carbocycles. The Balaban J connectivity index is 2.37. The number of hydrogen-bond acceptors (Lipinski definition) is 2. The summed E-state index contributed by atoms with van der Waals surface area (Å²) in [5.74, 6) is 1.58. The first kappa shape index (κ1) is 17.5. The molecule has 20 heavy (non-hydrogen) atoms. The Morgan fingerprint density at radius 2 is 1.80 bits per heavy atom. The van der Waals surface area contributed by atoms with Crippen LogP contribution in [0.25, 0.3) is 0 Å². The Kier molecular flexibility index (Phi) is 8.20. The van der Waals surface area contributed by atoms with E-state index in [0.29, 0.717) is 17.9 Å². The molecule has 1 amide bonds. The van der Waals surface area contributed by atoms with E-state index in [2.05, 4.69) is 37.9 Å². The molecule has 0 aromatic carbocycles. The molecule has 0 heterocycles. The summed E-state index contributed by atoms with van der Waals surface area (Å²) < 4.78 is 0. The second-order valence-electron chi connectivity index (χ2n) is 6.66. The van der Waals surface area contributed by atoms with Crippen molar-refractivity contribution in [1.82, 2.24) is 10.2 Å². The van der Waals surface area contributed by atoms with Gasteiger partial charge in [-0.2, -0.15) is 0 Å². The second-order valence-corrected chi connectivity index (χ2v) is 6.66. The van der Waals surface area contributed by atoms with Gasteiger partial charge in [-0.3, -0.25) is 9.69 Å². The van der Waals surface area contributed by atoms with Crippen LogP contribution in [0.4, 0.5) is 0 Å². The smallest absolute Gasteiger partial charge is 0.220 e. The van der Waals surface area contributed by atoms with Crippen LogP contribution in [0.1, 0.15) is 66.2 Å². The van der Waals surface area contributed by atoms with E-state index in [4.69, 9.17) is 0 Å². The molecule has 1 rings (SSSR count). The van der Waals surface area contributed by atoms with E-state index in [1.807, 2.05) is 0 Å². The third-order valence-electron chi connectivity index (χ3n) is 4.56. The first-order valence-electron chi connectivity index (χ1n) is 8.57. The van der Waals surface area contributed by atoms with Crippen molar-refractivity contribution in [2.45, 2.75) is 72.3 Å². The Labute approximate surface area is 125 Å². The maximum atomic E-state index is 12.1. The topological polar surface area (TPSA) is 32.3 Å². The van der Waals surface area contributed by atoms with Crippen molar-refractivity contribution in [2.24, 2.45) is 11.8 Å². The average Bonchev–Trinajstić information content (AvgIpc) is 2.89. The van der Waals surface area contributed by atoms with Gasteiger partial charge in [0.15, 0.2) is 0 Å². The van der Waals surface area contributed by atoms with Crippen LogP contribution in [0.2, 0.25) is 0 Å². The molecule has 0 aliphatic heterocycles. The normalized spacial score (nSPS) is 17.9. The van der Waals surface area contributed by atoms with Gasteiger partial charge in [-0.25, -0.2) is 0 Å². The summed E-state index contributed by atoms with van der Waals surface area (Å²) in [5, 5.41) is 3.18. The lowest BCUT2D eigenvalue weighted by Gasteiger charge is -2.31. The van der Waals surface area contributed by atoms with Crippen molar-refractivity contribution in [2.75, 3.05) is 19.6 Å². The fourth-order valence-corrected chi connectivity index (χ4v) is 3.43. The van der Waals surface area contributed by atoms with Gasteiger partial charge in [0, 0.05) is 19.0 Å². The number of rotatable bonds is 9. The monoisotopic (exact) mass is 282 g/mol. The Morgan fingerprint density at radius 3 is 2.30 bits per heavy atom. The molecule has 3 heteroatoms. The SMILES string of the molecule is CCN(CC)C(CNC(=O)CC1CCCC1)CC(C)C. The average molecular weight is 282 g/mol. The van der Waals surface area contributed by atoms with Gasteiger partial charge in [0.05, 0.1) is 0 Å². The molecule has 0 aromatic heterocycles. The summed E-state index contributed by atoms with van der Waals surface area (Å²) in [7, 11) is 0. The number of carbonyl (C=O) groups is 1. The van der Waals surface area contributed by atoms with Crippen molar-refractivity contribution < 1.29 is 4.79 Å². The number of hydrogen-bond donors (Lipinski definition) is 1. The lowest BCUT2D eigenvalue weighted by Crippen LogP contribution is -2.44. The van der Waals surface area contributed by atoms with Crippen LogP contribution >= 0.6 is 0 Å². The predicted octanol–water partition coefficient (Wildman–Crippen LogP) is 3.44. The maximum Gasteiger partial charge on any atom is 0.220 e. The van der Waals surface area contributed by atoms with Gasteiger partial charge < -0.3 is 5.32 Å². The van der Waals surface area contributed by atoms with Crippen molar-refractivity contribution in [1.29, 1.82) is 0 Å². The van der Waals surface area contributed by atoms with E-state index in [9.17, 15) is 4.79 Å². The van der Waals surface area contributed by atoms with Crippen molar-refractivity contribution in [3.8, 4) is 0 Å². The molecule has 3 nitrogen and oxygen atoms in total. The Morgan fingerprint density at radius 1 is 1.20 bits per heavy atom. The molecule has 0 radical (unpaired) electrons. The fraction of sp³-hybridized carbons (Fsp3) is 0.941. The molecule has 0 spiro atoms. The minimum Gasteiger partial charge on any atom is -0.355 e. The minimum atomic E-state index is 0.262. The molecule has 1 atom stereocenters. The zero-order valence-electron chi connectivity index (χ0n) is 14.0. The molecule has 1 N–H and O–H groups in total. The molecule has 0 aromatic rings. The standard InChI is InChI=1S/C17H34N2O/c1-5-19(6-2)16(11-14(3)4)13-18-17(20)12-15-9-7-8-10-15/h14-16H,5-13H2,1-4H3,(H,18,20). The lowest BCUT2D eigenvalue weighted by atomic mass is 10.0. The maximum absolute atomic E-state index is 12.1. The zero-order valence-corrected chi connectivity index (χ0v) is 14.0. The minimum absolute atomic E-state index is 0.262. The van der Waals surface area contributed by atoms with Gasteiger partial charge in [-0.15, -0.1) is 0 Å². The number of nitrogens with zero attached hydrogens (tertiary/aromatic N) is 1. The summed E-state index contributed by atoms with van der Waals surface area (Å²) in [6.45, 7) is 11.9. The van der Waals surface area contributed by atoms with Crippen LogP contribution in [-0.2, 0) is 4.79 Å². The Bertz CT molecular complexity index is 268. The second kappa shape index (κ2) is 9.38. The quantitative estimate of drug-likeness (QED) is 0.702. The molecule has 1 aliphatic rings. The molecule has 0 bridgehead atoms. The highest BCUT2D eigenvalue weighted by Gasteiger charge is 2.21. The van der Waals surface area contributed by atoms with Gasteiger partial charge in [0.25, 0.3) is 0 Å². The number of carbonyl (C=O) groups excluding carboxylic acids is 1. The van der Waals surface area contributed by atoms with Crippen molar-refractivity contribution >= 4 is 5.91 Å². The van der Waals surface area contributed by atoms with E-state index < -0.39 is 0 Å². The van der Waals surface area contributed by atoms with E-state index in [-0.39, 0.29) is 5.91 Å². The Hall–Kier alpha value is -0.570. The van der Waals surface area contributed by atoms with E-state index in [1.54, 1.807) is 0 Å². The molecule has 1 aliphatic carbocycles. The summed E-state index contributed by atoms with van der Waals surface area (Å²) in [6, 6.07) is 0.484. The van der Waals surface area contributed by atoms with E-state index >= 15 is 0 Å². The highest BCUT2D eigenvalue weighted by Crippen LogP contribution is 2.27. The largest absolute Gasteiger partial charge is 0.355 e. The van der Waals surface area contributed by atoms with Crippen LogP contribution in [-0.4, -0.2) is 36.5 Å².